The van der Waals surface area contributed by atoms with Crippen LogP contribution in [-0.4, -0.2) is 11.4 Å². The average molecular weight is 250 g/mol. The zero-order valence-corrected chi connectivity index (χ0v) is 9.74. The maximum atomic E-state index is 11.8. The zero-order valence-electron chi connectivity index (χ0n) is 8.98. The van der Waals surface area contributed by atoms with Crippen molar-refractivity contribution in [2.24, 2.45) is 0 Å². The number of benzene rings is 2. The van der Waals surface area contributed by atoms with Crippen molar-refractivity contribution in [3.63, 3.8) is 0 Å². The van der Waals surface area contributed by atoms with Gasteiger partial charge < -0.3 is 10.8 Å². The van der Waals surface area contributed by atoms with Crippen LogP contribution >= 0.6 is 11.6 Å². The standard InChI is InChI=1S/C13H10ClNO.H2O/c14-12-9-5-4-8-11(12)13(16)15-10-6-2-1-3-7-10;/h1-9H,(H,15,16);1H2. The number of anilines is 1. The number of carbonyl (C=O) groups excluding carboxylic acids is 1. The van der Waals surface area contributed by atoms with Gasteiger partial charge in [0, 0.05) is 5.69 Å². The van der Waals surface area contributed by atoms with Crippen molar-refractivity contribution in [2.75, 3.05) is 5.32 Å². The van der Waals surface area contributed by atoms with Crippen LogP contribution in [0.1, 0.15) is 10.4 Å². The summed E-state index contributed by atoms with van der Waals surface area (Å²) >= 11 is 5.92. The van der Waals surface area contributed by atoms with E-state index in [9.17, 15) is 4.79 Å². The predicted octanol–water partition coefficient (Wildman–Crippen LogP) is 2.77. The third kappa shape index (κ3) is 3.31. The van der Waals surface area contributed by atoms with Crippen molar-refractivity contribution < 1.29 is 10.3 Å². The minimum atomic E-state index is -0.197. The maximum absolute atomic E-state index is 11.8. The lowest BCUT2D eigenvalue weighted by Crippen LogP contribution is -2.12. The topological polar surface area (TPSA) is 60.6 Å². The molecular weight excluding hydrogens is 238 g/mol. The molecule has 0 aliphatic carbocycles. The first-order chi connectivity index (χ1) is 7.77. The van der Waals surface area contributed by atoms with Crippen LogP contribution in [0.15, 0.2) is 54.6 Å². The summed E-state index contributed by atoms with van der Waals surface area (Å²) in [6.45, 7) is 0. The molecule has 0 unspecified atom stereocenters. The molecule has 88 valence electrons. The molecule has 0 aromatic heterocycles. The summed E-state index contributed by atoms with van der Waals surface area (Å²) < 4.78 is 0. The Morgan fingerprint density at radius 2 is 1.53 bits per heavy atom. The van der Waals surface area contributed by atoms with Crippen molar-refractivity contribution in [2.45, 2.75) is 0 Å². The first-order valence-electron chi connectivity index (χ1n) is 4.88. The molecule has 0 saturated carbocycles. The lowest BCUT2D eigenvalue weighted by Gasteiger charge is -2.05. The third-order valence-corrected chi connectivity index (χ3v) is 2.48. The molecule has 1 amide bonds. The fourth-order valence-corrected chi connectivity index (χ4v) is 1.59. The predicted molar refractivity (Wildman–Crippen MR) is 69.5 cm³/mol. The Balaban J connectivity index is 0.00000144. The molecule has 2 aromatic rings. The number of para-hydroxylation sites is 1. The van der Waals surface area contributed by atoms with Gasteiger partial charge in [0.05, 0.1) is 10.6 Å². The van der Waals surface area contributed by atoms with Gasteiger partial charge in [0.2, 0.25) is 0 Å². The molecule has 0 spiro atoms. The van der Waals surface area contributed by atoms with Crippen LogP contribution in [0, 0.1) is 0 Å². The van der Waals surface area contributed by atoms with E-state index in [-0.39, 0.29) is 11.4 Å². The summed E-state index contributed by atoms with van der Waals surface area (Å²) in [6, 6.07) is 16.2. The van der Waals surface area contributed by atoms with Crippen LogP contribution in [0.3, 0.4) is 0 Å². The quantitative estimate of drug-likeness (QED) is 0.874. The highest BCUT2D eigenvalue weighted by Crippen LogP contribution is 2.16. The number of nitrogens with one attached hydrogen (secondary N) is 1. The molecule has 0 bridgehead atoms. The molecule has 0 saturated heterocycles. The van der Waals surface area contributed by atoms with Gasteiger partial charge in [0.1, 0.15) is 0 Å². The lowest BCUT2D eigenvalue weighted by molar-refractivity contribution is 0.102. The molecule has 4 heteroatoms. The monoisotopic (exact) mass is 249 g/mol. The van der Waals surface area contributed by atoms with Crippen molar-refractivity contribution in [1.29, 1.82) is 0 Å². The van der Waals surface area contributed by atoms with Crippen molar-refractivity contribution in [3.05, 3.63) is 65.2 Å². The van der Waals surface area contributed by atoms with Gasteiger partial charge in [-0.25, -0.2) is 0 Å². The molecule has 0 heterocycles. The van der Waals surface area contributed by atoms with Crippen LogP contribution in [-0.2, 0) is 0 Å². The Kier molecular flexibility index (Phi) is 4.69. The molecule has 0 atom stereocenters. The Hall–Kier alpha value is -1.84. The van der Waals surface area contributed by atoms with E-state index in [0.29, 0.717) is 10.6 Å². The molecule has 0 radical (unpaired) electrons. The summed E-state index contributed by atoms with van der Waals surface area (Å²) in [5.74, 6) is -0.197. The van der Waals surface area contributed by atoms with E-state index in [1.165, 1.54) is 0 Å². The minimum absolute atomic E-state index is 0. The molecule has 0 aliphatic heterocycles. The van der Waals surface area contributed by atoms with Crippen molar-refractivity contribution in [1.82, 2.24) is 0 Å². The smallest absolute Gasteiger partial charge is 0.257 e. The Morgan fingerprint density at radius 3 is 2.18 bits per heavy atom. The molecule has 3 nitrogen and oxygen atoms in total. The van der Waals surface area contributed by atoms with Gasteiger partial charge in [-0.15, -0.1) is 0 Å². The molecule has 17 heavy (non-hydrogen) atoms. The van der Waals surface area contributed by atoms with Crippen LogP contribution < -0.4 is 5.32 Å². The fraction of sp³-hybridized carbons (Fsp3) is 0. The van der Waals surface area contributed by atoms with Crippen LogP contribution in [0.2, 0.25) is 5.02 Å². The Morgan fingerprint density at radius 1 is 0.941 bits per heavy atom. The van der Waals surface area contributed by atoms with E-state index >= 15 is 0 Å². The Labute approximate surface area is 104 Å². The minimum Gasteiger partial charge on any atom is -0.412 e. The van der Waals surface area contributed by atoms with Gasteiger partial charge in [0.15, 0.2) is 0 Å². The van der Waals surface area contributed by atoms with E-state index in [0.717, 1.165) is 5.69 Å². The molecule has 0 aliphatic rings. The fourth-order valence-electron chi connectivity index (χ4n) is 1.37. The summed E-state index contributed by atoms with van der Waals surface area (Å²) in [5, 5.41) is 3.23. The average Bonchev–Trinajstić information content (AvgIpc) is 2.31. The molecular formula is C13H12ClNO2. The van der Waals surface area contributed by atoms with Gasteiger partial charge >= 0.3 is 0 Å². The number of hydrogen-bond acceptors (Lipinski definition) is 1. The summed E-state index contributed by atoms with van der Waals surface area (Å²) in [6.07, 6.45) is 0. The highest BCUT2D eigenvalue weighted by atomic mass is 35.5. The van der Waals surface area contributed by atoms with Crippen molar-refractivity contribution >= 4 is 23.2 Å². The second-order valence-electron chi connectivity index (χ2n) is 3.30. The second-order valence-corrected chi connectivity index (χ2v) is 3.71. The van der Waals surface area contributed by atoms with Crippen LogP contribution in [0.25, 0.3) is 0 Å². The first kappa shape index (κ1) is 13.2. The number of halogens is 1. The van der Waals surface area contributed by atoms with Gasteiger partial charge in [-0.3, -0.25) is 4.79 Å². The molecule has 3 N–H and O–H groups in total. The highest BCUT2D eigenvalue weighted by Gasteiger charge is 2.08. The van der Waals surface area contributed by atoms with Crippen LogP contribution in [0.4, 0.5) is 5.69 Å². The maximum Gasteiger partial charge on any atom is 0.257 e. The number of hydrogen-bond donors (Lipinski definition) is 1. The largest absolute Gasteiger partial charge is 0.412 e. The van der Waals surface area contributed by atoms with Gasteiger partial charge in [-0.05, 0) is 24.3 Å². The number of carbonyl (C=O) groups is 1. The zero-order chi connectivity index (χ0) is 11.4. The van der Waals surface area contributed by atoms with E-state index in [4.69, 9.17) is 11.6 Å². The van der Waals surface area contributed by atoms with E-state index in [2.05, 4.69) is 5.32 Å². The first-order valence-corrected chi connectivity index (χ1v) is 5.26. The van der Waals surface area contributed by atoms with Gasteiger partial charge in [-0.1, -0.05) is 41.9 Å². The summed E-state index contributed by atoms with van der Waals surface area (Å²) in [5.41, 5.74) is 1.24. The van der Waals surface area contributed by atoms with E-state index in [1.54, 1.807) is 24.3 Å². The number of rotatable bonds is 2. The van der Waals surface area contributed by atoms with Crippen LogP contribution in [0.5, 0.6) is 0 Å². The van der Waals surface area contributed by atoms with E-state index in [1.807, 2.05) is 30.3 Å². The molecule has 2 rings (SSSR count). The normalized spacial score (nSPS) is 9.24. The molecule has 0 fully saturated rings. The third-order valence-electron chi connectivity index (χ3n) is 2.15. The highest BCUT2D eigenvalue weighted by molar-refractivity contribution is 6.34. The summed E-state index contributed by atoms with van der Waals surface area (Å²) in [4.78, 5) is 11.8. The van der Waals surface area contributed by atoms with Crippen molar-refractivity contribution in [3.8, 4) is 0 Å². The Bertz CT molecular complexity index is 500. The second kappa shape index (κ2) is 6.03. The lowest BCUT2D eigenvalue weighted by atomic mass is 10.2. The summed E-state index contributed by atoms with van der Waals surface area (Å²) in [7, 11) is 0. The molecule has 2 aromatic carbocycles. The number of amides is 1. The van der Waals surface area contributed by atoms with Gasteiger partial charge in [-0.2, -0.15) is 0 Å². The van der Waals surface area contributed by atoms with Gasteiger partial charge in [0.25, 0.3) is 5.91 Å². The SMILES string of the molecule is O.O=C(Nc1ccccc1)c1ccccc1Cl. The van der Waals surface area contributed by atoms with E-state index < -0.39 is 0 Å².